The average Bonchev–Trinajstić information content (AvgIpc) is 2.67. The maximum absolute atomic E-state index is 11.6. The smallest absolute Gasteiger partial charge is 0.267 e. The Hall–Kier alpha value is -0.130. The molecule has 0 fully saturated rings. The van der Waals surface area contributed by atoms with E-state index in [9.17, 15) is 18.1 Å². The van der Waals surface area contributed by atoms with E-state index in [2.05, 4.69) is 13.8 Å². The highest BCUT2D eigenvalue weighted by Crippen LogP contribution is 2.19. The number of aliphatic hydroxyl groups excluding tert-OH is 1. The van der Waals surface area contributed by atoms with Crippen LogP contribution in [0.25, 0.3) is 0 Å². The third-order valence-electron chi connectivity index (χ3n) is 6.01. The van der Waals surface area contributed by atoms with E-state index < -0.39 is 15.4 Å². The van der Waals surface area contributed by atoms with Gasteiger partial charge in [0, 0.05) is 0 Å². The Morgan fingerprint density at radius 1 is 0.552 bits per heavy atom. The van der Waals surface area contributed by atoms with E-state index in [1.807, 2.05) is 0 Å². The predicted octanol–water partition coefficient (Wildman–Crippen LogP) is 7.45. The molecule has 0 aromatic heterocycles. The fraction of sp³-hybridized carbons (Fsp3) is 1.00. The zero-order valence-corrected chi connectivity index (χ0v) is 20.2. The van der Waals surface area contributed by atoms with Gasteiger partial charge in [-0.05, 0) is 25.7 Å². The summed E-state index contributed by atoms with van der Waals surface area (Å²) in [4.78, 5) is 0. The van der Waals surface area contributed by atoms with Gasteiger partial charge >= 0.3 is 0 Å². The standard InChI is InChI=1S/C24H50O4S/c1-3-5-7-8-9-10-14-17-21-24(29(26,27)28)22-18-15-12-11-13-16-20-23(25)19-6-4-2/h23-25H,3-22H2,1-2H3,(H,26,27,28). The first-order chi connectivity index (χ1) is 13.9. The first kappa shape index (κ1) is 28.9. The maximum atomic E-state index is 11.6. The number of unbranched alkanes of at least 4 members (excludes halogenated alkanes) is 13. The minimum absolute atomic E-state index is 0.137. The van der Waals surface area contributed by atoms with Gasteiger partial charge in [0.15, 0.2) is 0 Å². The Bertz CT molecular complexity index is 436. The SMILES string of the molecule is CCCCCCCCCCC(CCCCCCCCC(O)CCCC)S(=O)(=O)O. The summed E-state index contributed by atoms with van der Waals surface area (Å²) in [7, 11) is -3.92. The molecule has 0 aromatic carbocycles. The summed E-state index contributed by atoms with van der Waals surface area (Å²) < 4.78 is 32.8. The number of rotatable bonds is 22. The summed E-state index contributed by atoms with van der Waals surface area (Å²) in [6.07, 6.45) is 21.1. The van der Waals surface area contributed by atoms with Crippen LogP contribution >= 0.6 is 0 Å². The van der Waals surface area contributed by atoms with Crippen molar-refractivity contribution in [3.63, 3.8) is 0 Å². The maximum Gasteiger partial charge on any atom is 0.267 e. The lowest BCUT2D eigenvalue weighted by Crippen LogP contribution is -2.20. The van der Waals surface area contributed by atoms with Crippen molar-refractivity contribution in [2.24, 2.45) is 0 Å². The third-order valence-corrected chi connectivity index (χ3v) is 7.32. The molecule has 0 spiro atoms. The van der Waals surface area contributed by atoms with E-state index in [0.717, 1.165) is 77.0 Å². The van der Waals surface area contributed by atoms with Crippen LogP contribution in [-0.4, -0.2) is 29.4 Å². The Morgan fingerprint density at radius 2 is 0.897 bits per heavy atom. The van der Waals surface area contributed by atoms with Crippen molar-refractivity contribution in [3.05, 3.63) is 0 Å². The van der Waals surface area contributed by atoms with Crippen LogP contribution in [0, 0.1) is 0 Å². The lowest BCUT2D eigenvalue weighted by atomic mass is 10.0. The summed E-state index contributed by atoms with van der Waals surface area (Å²) in [5.41, 5.74) is 0. The molecule has 29 heavy (non-hydrogen) atoms. The Labute approximate surface area is 182 Å². The van der Waals surface area contributed by atoms with E-state index in [0.29, 0.717) is 12.8 Å². The van der Waals surface area contributed by atoms with Gasteiger partial charge in [-0.15, -0.1) is 0 Å². The molecule has 5 heteroatoms. The van der Waals surface area contributed by atoms with Crippen LogP contribution in [0.4, 0.5) is 0 Å². The van der Waals surface area contributed by atoms with Gasteiger partial charge in [0.25, 0.3) is 10.1 Å². The van der Waals surface area contributed by atoms with Crippen molar-refractivity contribution < 1.29 is 18.1 Å². The zero-order valence-electron chi connectivity index (χ0n) is 19.4. The average molecular weight is 435 g/mol. The molecule has 0 radical (unpaired) electrons. The monoisotopic (exact) mass is 434 g/mol. The first-order valence-corrected chi connectivity index (χ1v) is 14.1. The molecule has 176 valence electrons. The lowest BCUT2D eigenvalue weighted by Gasteiger charge is -2.14. The Balaban J connectivity index is 3.70. The van der Waals surface area contributed by atoms with Crippen molar-refractivity contribution in [2.75, 3.05) is 0 Å². The van der Waals surface area contributed by atoms with Crippen LogP contribution in [0.5, 0.6) is 0 Å². The lowest BCUT2D eigenvalue weighted by molar-refractivity contribution is 0.148. The van der Waals surface area contributed by atoms with E-state index in [1.54, 1.807) is 0 Å². The fourth-order valence-electron chi connectivity index (χ4n) is 3.99. The molecule has 0 aliphatic carbocycles. The second-order valence-corrected chi connectivity index (χ2v) is 10.6. The van der Waals surface area contributed by atoms with Crippen molar-refractivity contribution >= 4 is 10.1 Å². The molecule has 2 N–H and O–H groups in total. The predicted molar refractivity (Wildman–Crippen MR) is 125 cm³/mol. The minimum Gasteiger partial charge on any atom is -0.393 e. The molecule has 0 aliphatic heterocycles. The molecule has 0 aromatic rings. The largest absolute Gasteiger partial charge is 0.393 e. The normalized spacial score (nSPS) is 14.2. The summed E-state index contributed by atoms with van der Waals surface area (Å²) in [5, 5.41) is 9.26. The first-order valence-electron chi connectivity index (χ1n) is 12.6. The van der Waals surface area contributed by atoms with Gasteiger partial charge in [0.1, 0.15) is 0 Å². The minimum atomic E-state index is -3.92. The number of hydrogen-bond acceptors (Lipinski definition) is 3. The second-order valence-electron chi connectivity index (χ2n) is 8.90. The molecule has 0 saturated heterocycles. The summed E-state index contributed by atoms with van der Waals surface area (Å²) in [6.45, 7) is 4.37. The summed E-state index contributed by atoms with van der Waals surface area (Å²) >= 11 is 0. The molecule has 0 saturated carbocycles. The fourth-order valence-corrected chi connectivity index (χ4v) is 4.92. The van der Waals surface area contributed by atoms with Crippen molar-refractivity contribution in [2.45, 2.75) is 154 Å². The van der Waals surface area contributed by atoms with Gasteiger partial charge in [-0.3, -0.25) is 4.55 Å². The van der Waals surface area contributed by atoms with Crippen LogP contribution in [0.15, 0.2) is 0 Å². The van der Waals surface area contributed by atoms with Crippen molar-refractivity contribution in [1.29, 1.82) is 0 Å². The third kappa shape index (κ3) is 19.6. The number of aliphatic hydroxyl groups is 1. The summed E-state index contributed by atoms with van der Waals surface area (Å²) in [5.74, 6) is 0. The van der Waals surface area contributed by atoms with Gasteiger partial charge in [-0.1, -0.05) is 117 Å². The quantitative estimate of drug-likeness (QED) is 0.137. The summed E-state index contributed by atoms with van der Waals surface area (Å²) in [6, 6.07) is 0. The Morgan fingerprint density at radius 3 is 1.31 bits per heavy atom. The zero-order chi connectivity index (χ0) is 21.8. The van der Waals surface area contributed by atoms with Crippen LogP contribution in [0.1, 0.15) is 142 Å². The van der Waals surface area contributed by atoms with Gasteiger partial charge in [0.05, 0.1) is 11.4 Å². The number of hydrogen-bond donors (Lipinski definition) is 2. The molecule has 4 nitrogen and oxygen atoms in total. The Kier molecular flexibility index (Phi) is 19.7. The van der Waals surface area contributed by atoms with Crippen LogP contribution in [0.3, 0.4) is 0 Å². The molecule has 0 heterocycles. The molecular weight excluding hydrogens is 384 g/mol. The van der Waals surface area contributed by atoms with Gasteiger partial charge in [-0.2, -0.15) is 8.42 Å². The highest BCUT2D eigenvalue weighted by atomic mass is 32.2. The second kappa shape index (κ2) is 19.8. The molecule has 0 rings (SSSR count). The molecule has 0 aliphatic rings. The highest BCUT2D eigenvalue weighted by Gasteiger charge is 2.21. The van der Waals surface area contributed by atoms with Crippen LogP contribution in [-0.2, 0) is 10.1 Å². The molecule has 0 amide bonds. The van der Waals surface area contributed by atoms with Gasteiger partial charge in [-0.25, -0.2) is 0 Å². The topological polar surface area (TPSA) is 74.6 Å². The van der Waals surface area contributed by atoms with E-state index >= 15 is 0 Å². The molecule has 2 unspecified atom stereocenters. The van der Waals surface area contributed by atoms with Crippen LogP contribution < -0.4 is 0 Å². The van der Waals surface area contributed by atoms with Gasteiger partial charge < -0.3 is 5.11 Å². The van der Waals surface area contributed by atoms with Crippen molar-refractivity contribution in [3.8, 4) is 0 Å². The van der Waals surface area contributed by atoms with Gasteiger partial charge in [0.2, 0.25) is 0 Å². The van der Waals surface area contributed by atoms with E-state index in [-0.39, 0.29) is 6.10 Å². The molecule has 2 atom stereocenters. The van der Waals surface area contributed by atoms with Crippen molar-refractivity contribution in [1.82, 2.24) is 0 Å². The molecule has 0 bridgehead atoms. The van der Waals surface area contributed by atoms with E-state index in [1.165, 1.54) is 38.5 Å². The molecular formula is C24H50O4S. The van der Waals surface area contributed by atoms with E-state index in [4.69, 9.17) is 0 Å². The highest BCUT2D eigenvalue weighted by molar-refractivity contribution is 7.86. The van der Waals surface area contributed by atoms with Crippen LogP contribution in [0.2, 0.25) is 0 Å².